The van der Waals surface area contributed by atoms with Crippen LogP contribution >= 0.6 is 0 Å². The number of carbonyl (C=O) groups is 1. The van der Waals surface area contributed by atoms with Crippen LogP contribution in [0.3, 0.4) is 0 Å². The minimum atomic E-state index is -4.85. The van der Waals surface area contributed by atoms with Gasteiger partial charge in [-0.1, -0.05) is 6.07 Å². The first kappa shape index (κ1) is 25.8. The number of anilines is 1. The first-order chi connectivity index (χ1) is 15.9. The van der Waals surface area contributed by atoms with Crippen LogP contribution in [0.2, 0.25) is 0 Å². The molecule has 12 heteroatoms. The number of pyridine rings is 1. The van der Waals surface area contributed by atoms with Gasteiger partial charge in [-0.25, -0.2) is 4.39 Å². The molecule has 1 amide bonds. The van der Waals surface area contributed by atoms with Gasteiger partial charge in [0.15, 0.2) is 17.2 Å². The van der Waals surface area contributed by atoms with Crippen molar-refractivity contribution >= 4 is 11.6 Å². The van der Waals surface area contributed by atoms with Crippen molar-refractivity contribution in [1.82, 2.24) is 4.98 Å². The molecule has 34 heavy (non-hydrogen) atoms. The van der Waals surface area contributed by atoms with E-state index in [2.05, 4.69) is 10.3 Å². The fourth-order valence-electron chi connectivity index (χ4n) is 3.74. The Hall–Kier alpha value is -2.83. The third-order valence-electron chi connectivity index (χ3n) is 5.56. The minimum absolute atomic E-state index is 0.0807. The van der Waals surface area contributed by atoms with Crippen molar-refractivity contribution in [1.29, 1.82) is 0 Å². The summed E-state index contributed by atoms with van der Waals surface area (Å²) in [6, 6.07) is 4.47. The van der Waals surface area contributed by atoms with Crippen LogP contribution in [0.4, 0.5) is 27.6 Å². The molecule has 2 heterocycles. The molecule has 1 aliphatic rings. The number of alkyl halides is 3. The second kappa shape index (κ2) is 9.80. The number of carbonyl (C=O) groups excluding carboxylic acids is 1. The van der Waals surface area contributed by atoms with Crippen LogP contribution in [-0.2, 0) is 9.53 Å². The lowest BCUT2D eigenvalue weighted by Gasteiger charge is -2.27. The van der Waals surface area contributed by atoms with E-state index in [1.807, 2.05) is 0 Å². The van der Waals surface area contributed by atoms with Gasteiger partial charge >= 0.3 is 6.18 Å². The summed E-state index contributed by atoms with van der Waals surface area (Å²) in [6.07, 6.45) is -7.42. The predicted octanol–water partition coefficient (Wildman–Crippen LogP) is 3.62. The Labute approximate surface area is 191 Å². The van der Waals surface area contributed by atoms with E-state index in [4.69, 9.17) is 14.6 Å². The third kappa shape index (κ3) is 4.98. The standard InChI is InChI=1S/C22H23F5N2O5/c1-3-33-18-12(5-6-14(23)17(18)24)13-8-21(2,22(25,26)27)34-19(13)20(32)29-11-4-7-15(28-9-11)16(31)10-30/h4-7,9,13,16,19,30-31H,3,8,10H2,1-2H3,(H,29,32)/t13-,16-,19+,21+/m0/s1. The quantitative estimate of drug-likeness (QED) is 0.513. The Morgan fingerprint density at radius 1 is 1.32 bits per heavy atom. The third-order valence-corrected chi connectivity index (χ3v) is 5.56. The van der Waals surface area contributed by atoms with E-state index in [9.17, 15) is 31.9 Å². The highest BCUT2D eigenvalue weighted by molar-refractivity contribution is 5.95. The number of aromatic nitrogens is 1. The lowest BCUT2D eigenvalue weighted by Crippen LogP contribution is -2.43. The molecule has 1 fully saturated rings. The lowest BCUT2D eigenvalue weighted by molar-refractivity contribution is -0.261. The number of aliphatic hydroxyl groups excluding tert-OH is 2. The van der Waals surface area contributed by atoms with E-state index in [-0.39, 0.29) is 23.6 Å². The van der Waals surface area contributed by atoms with Crippen molar-refractivity contribution < 1.29 is 46.4 Å². The van der Waals surface area contributed by atoms with E-state index >= 15 is 0 Å². The summed E-state index contributed by atoms with van der Waals surface area (Å²) in [5.74, 6) is -5.48. The Morgan fingerprint density at radius 3 is 2.59 bits per heavy atom. The van der Waals surface area contributed by atoms with Gasteiger partial charge < -0.3 is 25.0 Å². The topological polar surface area (TPSA) is 101 Å². The van der Waals surface area contributed by atoms with Gasteiger partial charge in [0, 0.05) is 11.5 Å². The number of nitrogens with one attached hydrogen (secondary N) is 1. The molecular formula is C22H23F5N2O5. The summed E-state index contributed by atoms with van der Waals surface area (Å²) in [5.41, 5.74) is -2.67. The zero-order valence-corrected chi connectivity index (χ0v) is 18.2. The highest BCUT2D eigenvalue weighted by Crippen LogP contribution is 2.51. The van der Waals surface area contributed by atoms with E-state index in [1.165, 1.54) is 19.1 Å². The highest BCUT2D eigenvalue weighted by atomic mass is 19.4. The van der Waals surface area contributed by atoms with Crippen LogP contribution in [0, 0.1) is 11.6 Å². The summed E-state index contributed by atoms with van der Waals surface area (Å²) in [5, 5.41) is 20.9. The number of rotatable bonds is 7. The van der Waals surface area contributed by atoms with Crippen molar-refractivity contribution in [2.45, 2.75) is 50.2 Å². The fraction of sp³-hybridized carbons (Fsp3) is 0.455. The molecule has 0 unspecified atom stereocenters. The molecule has 0 saturated carbocycles. The molecule has 7 nitrogen and oxygen atoms in total. The smallest absolute Gasteiger partial charge is 0.417 e. The largest absolute Gasteiger partial charge is 0.490 e. The molecule has 1 aromatic heterocycles. The first-order valence-corrected chi connectivity index (χ1v) is 10.3. The van der Waals surface area contributed by atoms with Crippen LogP contribution < -0.4 is 10.1 Å². The van der Waals surface area contributed by atoms with Crippen molar-refractivity contribution in [2.24, 2.45) is 0 Å². The Balaban J connectivity index is 1.96. The summed E-state index contributed by atoms with van der Waals surface area (Å²) in [4.78, 5) is 16.9. The summed E-state index contributed by atoms with van der Waals surface area (Å²) < 4.78 is 79.9. The molecule has 0 aliphatic carbocycles. The second-order valence-electron chi connectivity index (χ2n) is 7.95. The number of hydrogen-bond donors (Lipinski definition) is 3. The van der Waals surface area contributed by atoms with Crippen molar-refractivity contribution in [3.63, 3.8) is 0 Å². The number of benzene rings is 1. The van der Waals surface area contributed by atoms with Gasteiger partial charge in [0.05, 0.1) is 30.8 Å². The zero-order chi connectivity index (χ0) is 25.3. The molecule has 186 valence electrons. The molecule has 0 spiro atoms. The molecule has 4 atom stereocenters. The first-order valence-electron chi connectivity index (χ1n) is 10.3. The van der Waals surface area contributed by atoms with Crippen molar-refractivity contribution in [2.75, 3.05) is 18.5 Å². The number of nitrogens with zero attached hydrogens (tertiary/aromatic N) is 1. The maximum Gasteiger partial charge on any atom is 0.417 e. The molecule has 3 rings (SSSR count). The van der Waals surface area contributed by atoms with Crippen molar-refractivity contribution in [3.05, 3.63) is 53.4 Å². The molecule has 1 saturated heterocycles. The number of amides is 1. The van der Waals surface area contributed by atoms with E-state index in [1.54, 1.807) is 0 Å². The van der Waals surface area contributed by atoms with Gasteiger partial charge in [0.1, 0.15) is 12.2 Å². The average Bonchev–Trinajstić information content (AvgIpc) is 3.16. The maximum atomic E-state index is 14.4. The van der Waals surface area contributed by atoms with Gasteiger partial charge in [0.25, 0.3) is 5.91 Å². The van der Waals surface area contributed by atoms with Gasteiger partial charge in [-0.05, 0) is 38.5 Å². The minimum Gasteiger partial charge on any atom is -0.490 e. The maximum absolute atomic E-state index is 14.4. The average molecular weight is 490 g/mol. The van der Waals surface area contributed by atoms with Crippen LogP contribution in [0.15, 0.2) is 30.5 Å². The van der Waals surface area contributed by atoms with Crippen LogP contribution in [-0.4, -0.2) is 52.2 Å². The lowest BCUT2D eigenvalue weighted by atomic mass is 9.85. The molecular weight excluding hydrogens is 467 g/mol. The zero-order valence-electron chi connectivity index (χ0n) is 18.2. The molecule has 3 N–H and O–H groups in total. The van der Waals surface area contributed by atoms with Crippen LogP contribution in [0.1, 0.15) is 43.5 Å². The molecule has 0 radical (unpaired) electrons. The number of halogens is 5. The normalized spacial score (nSPS) is 23.6. The molecule has 0 bridgehead atoms. The highest BCUT2D eigenvalue weighted by Gasteiger charge is 2.61. The van der Waals surface area contributed by atoms with E-state index < -0.39 is 66.2 Å². The summed E-state index contributed by atoms with van der Waals surface area (Å²) in [7, 11) is 0. The van der Waals surface area contributed by atoms with Crippen LogP contribution in [0.25, 0.3) is 0 Å². The second-order valence-corrected chi connectivity index (χ2v) is 7.95. The molecule has 1 aromatic carbocycles. The van der Waals surface area contributed by atoms with Gasteiger partial charge in [-0.2, -0.15) is 17.6 Å². The number of ether oxygens (including phenoxy) is 2. The van der Waals surface area contributed by atoms with Gasteiger partial charge in [-0.15, -0.1) is 0 Å². The summed E-state index contributed by atoms with van der Waals surface area (Å²) >= 11 is 0. The predicted molar refractivity (Wildman–Crippen MR) is 109 cm³/mol. The van der Waals surface area contributed by atoms with Gasteiger partial charge in [0.2, 0.25) is 5.82 Å². The Kier molecular flexibility index (Phi) is 7.44. The van der Waals surface area contributed by atoms with E-state index in [0.29, 0.717) is 0 Å². The Bertz CT molecular complexity index is 1030. The van der Waals surface area contributed by atoms with Gasteiger partial charge in [-0.3, -0.25) is 9.78 Å². The molecule has 2 aromatic rings. The SMILES string of the molecule is CCOc1c([C@@H]2C[C@](C)(C(F)(F)F)O[C@H]2C(=O)Nc2ccc([C@@H](O)CO)nc2)ccc(F)c1F. The fourth-order valence-corrected chi connectivity index (χ4v) is 3.74. The summed E-state index contributed by atoms with van der Waals surface area (Å²) in [6.45, 7) is 1.60. The van der Waals surface area contributed by atoms with E-state index in [0.717, 1.165) is 25.3 Å². The van der Waals surface area contributed by atoms with Crippen molar-refractivity contribution in [3.8, 4) is 5.75 Å². The monoisotopic (exact) mass is 490 g/mol. The number of aliphatic hydroxyl groups is 2. The Morgan fingerprint density at radius 2 is 2.03 bits per heavy atom. The van der Waals surface area contributed by atoms with Crippen LogP contribution in [0.5, 0.6) is 5.75 Å². The number of hydrogen-bond acceptors (Lipinski definition) is 6. The molecule has 1 aliphatic heterocycles.